The maximum absolute atomic E-state index is 5.93. The number of aryl methyl sites for hydroxylation is 2. The van der Waals surface area contributed by atoms with Crippen LogP contribution in [0.3, 0.4) is 0 Å². The van der Waals surface area contributed by atoms with Gasteiger partial charge >= 0.3 is 0 Å². The molecule has 0 aliphatic heterocycles. The Bertz CT molecular complexity index is 508. The zero-order valence-corrected chi connectivity index (χ0v) is 16.4. The summed E-state index contributed by atoms with van der Waals surface area (Å²) in [6.07, 6.45) is 8.76. The molecular formula is C22H34O2. The van der Waals surface area contributed by atoms with Crippen LogP contribution in [0.5, 0.6) is 11.5 Å². The van der Waals surface area contributed by atoms with Crippen molar-refractivity contribution in [2.75, 3.05) is 13.2 Å². The zero-order chi connectivity index (χ0) is 17.9. The van der Waals surface area contributed by atoms with Crippen molar-refractivity contribution in [3.63, 3.8) is 0 Å². The molecule has 0 unspecified atom stereocenters. The van der Waals surface area contributed by atoms with Crippen molar-refractivity contribution in [1.82, 2.24) is 0 Å². The lowest BCUT2D eigenvalue weighted by Gasteiger charge is -2.14. The molecule has 0 heterocycles. The lowest BCUT2D eigenvalue weighted by atomic mass is 10.1. The fourth-order valence-corrected chi connectivity index (χ4v) is 2.39. The number of allylic oxidation sites excluding steroid dienone is 4. The van der Waals surface area contributed by atoms with Gasteiger partial charge in [0.2, 0.25) is 0 Å². The molecule has 2 nitrogen and oxygen atoms in total. The van der Waals surface area contributed by atoms with Crippen molar-refractivity contribution >= 4 is 0 Å². The summed E-state index contributed by atoms with van der Waals surface area (Å²) in [5.74, 6) is 1.95. The third-order valence-corrected chi connectivity index (χ3v) is 3.79. The predicted molar refractivity (Wildman–Crippen MR) is 104 cm³/mol. The number of hydrogen-bond acceptors (Lipinski definition) is 2. The quantitative estimate of drug-likeness (QED) is 0.357. The Morgan fingerprint density at radius 2 is 1.12 bits per heavy atom. The van der Waals surface area contributed by atoms with Crippen LogP contribution in [-0.2, 0) is 0 Å². The highest BCUT2D eigenvalue weighted by atomic mass is 16.5. The van der Waals surface area contributed by atoms with Crippen LogP contribution in [0, 0.1) is 13.8 Å². The average Bonchev–Trinajstić information content (AvgIpc) is 2.50. The molecule has 0 aliphatic rings. The van der Waals surface area contributed by atoms with E-state index in [1.807, 2.05) is 0 Å². The van der Waals surface area contributed by atoms with Gasteiger partial charge < -0.3 is 9.47 Å². The van der Waals surface area contributed by atoms with Crippen molar-refractivity contribution in [2.45, 2.75) is 67.2 Å². The summed E-state index contributed by atoms with van der Waals surface area (Å²) in [6.45, 7) is 14.2. The average molecular weight is 331 g/mol. The van der Waals surface area contributed by atoms with E-state index in [2.05, 4.69) is 65.8 Å². The zero-order valence-electron chi connectivity index (χ0n) is 16.4. The second-order valence-electron chi connectivity index (χ2n) is 6.93. The largest absolute Gasteiger partial charge is 0.493 e. The van der Waals surface area contributed by atoms with Crippen LogP contribution in [0.2, 0.25) is 0 Å². The van der Waals surface area contributed by atoms with Crippen LogP contribution in [-0.4, -0.2) is 13.2 Å². The fourth-order valence-electron chi connectivity index (χ4n) is 2.39. The van der Waals surface area contributed by atoms with Crippen LogP contribution < -0.4 is 9.47 Å². The lowest BCUT2D eigenvalue weighted by Crippen LogP contribution is -2.02. The van der Waals surface area contributed by atoms with Crippen LogP contribution in [0.25, 0.3) is 0 Å². The molecule has 0 amide bonds. The van der Waals surface area contributed by atoms with Gasteiger partial charge in [-0.15, -0.1) is 0 Å². The van der Waals surface area contributed by atoms with E-state index >= 15 is 0 Å². The minimum atomic E-state index is 0.757. The normalized spacial score (nSPS) is 10.2. The Morgan fingerprint density at radius 3 is 1.46 bits per heavy atom. The fraction of sp³-hybridized carbons (Fsp3) is 0.545. The molecule has 0 N–H and O–H groups in total. The van der Waals surface area contributed by atoms with E-state index in [0.717, 1.165) is 61.5 Å². The Kier molecular flexibility index (Phi) is 9.29. The van der Waals surface area contributed by atoms with Gasteiger partial charge in [-0.05, 0) is 90.5 Å². The molecule has 0 aromatic heterocycles. The first-order valence-corrected chi connectivity index (χ1v) is 9.03. The molecule has 24 heavy (non-hydrogen) atoms. The van der Waals surface area contributed by atoms with Crippen molar-refractivity contribution < 1.29 is 9.47 Å². The Morgan fingerprint density at radius 1 is 0.750 bits per heavy atom. The molecule has 134 valence electrons. The molecule has 1 aromatic carbocycles. The van der Waals surface area contributed by atoms with Crippen LogP contribution in [0.4, 0.5) is 0 Å². The Labute approximate surface area is 148 Å². The molecule has 2 heteroatoms. The number of rotatable bonds is 10. The smallest absolute Gasteiger partial charge is 0.122 e. The number of benzene rings is 1. The second-order valence-corrected chi connectivity index (χ2v) is 6.93. The van der Waals surface area contributed by atoms with Gasteiger partial charge in [-0.2, -0.15) is 0 Å². The summed E-state index contributed by atoms with van der Waals surface area (Å²) >= 11 is 0. The van der Waals surface area contributed by atoms with E-state index in [0.29, 0.717) is 0 Å². The first-order chi connectivity index (χ1) is 11.4. The number of hydrogen-bond donors (Lipinski definition) is 0. The Hall–Kier alpha value is -1.70. The topological polar surface area (TPSA) is 18.5 Å². The van der Waals surface area contributed by atoms with Crippen molar-refractivity contribution in [3.8, 4) is 11.5 Å². The van der Waals surface area contributed by atoms with E-state index in [4.69, 9.17) is 9.47 Å². The third kappa shape index (κ3) is 8.24. The van der Waals surface area contributed by atoms with E-state index in [-0.39, 0.29) is 0 Å². The molecule has 1 rings (SSSR count). The van der Waals surface area contributed by atoms with E-state index < -0.39 is 0 Å². The van der Waals surface area contributed by atoms with Gasteiger partial charge in [-0.25, -0.2) is 0 Å². The summed E-state index contributed by atoms with van der Waals surface area (Å²) < 4.78 is 11.9. The summed E-state index contributed by atoms with van der Waals surface area (Å²) in [5, 5.41) is 0. The van der Waals surface area contributed by atoms with Gasteiger partial charge in [-0.1, -0.05) is 23.3 Å². The van der Waals surface area contributed by atoms with Gasteiger partial charge in [0.05, 0.1) is 13.2 Å². The summed E-state index contributed by atoms with van der Waals surface area (Å²) in [5.41, 5.74) is 5.02. The van der Waals surface area contributed by atoms with Gasteiger partial charge in [0.15, 0.2) is 0 Å². The molecule has 0 spiro atoms. The summed E-state index contributed by atoms with van der Waals surface area (Å²) in [7, 11) is 0. The van der Waals surface area contributed by atoms with E-state index in [9.17, 15) is 0 Å². The minimum Gasteiger partial charge on any atom is -0.493 e. The number of unbranched alkanes of at least 4 members (excludes halogenated alkanes) is 2. The highest BCUT2D eigenvalue weighted by Crippen LogP contribution is 2.28. The minimum absolute atomic E-state index is 0.757. The lowest BCUT2D eigenvalue weighted by molar-refractivity contribution is 0.300. The molecule has 0 saturated carbocycles. The summed E-state index contributed by atoms with van der Waals surface area (Å²) in [4.78, 5) is 0. The molecule has 0 atom stereocenters. The predicted octanol–water partition coefficient (Wildman–Crippen LogP) is 6.55. The van der Waals surface area contributed by atoms with Gasteiger partial charge in [0, 0.05) is 0 Å². The first kappa shape index (κ1) is 20.3. The van der Waals surface area contributed by atoms with Gasteiger partial charge in [0.1, 0.15) is 11.5 Å². The molecule has 0 saturated heterocycles. The molecule has 1 aromatic rings. The monoisotopic (exact) mass is 330 g/mol. The standard InChI is InChI=1S/C22H34O2/c1-17(2)11-7-9-13-23-21-15-20(6)22(16-19(21)5)24-14-10-8-12-18(3)4/h11-12,15-16H,7-10,13-14H2,1-6H3. The third-order valence-electron chi connectivity index (χ3n) is 3.79. The second kappa shape index (κ2) is 11.0. The maximum atomic E-state index is 5.93. The van der Waals surface area contributed by atoms with Crippen LogP contribution >= 0.6 is 0 Å². The van der Waals surface area contributed by atoms with Gasteiger partial charge in [0.25, 0.3) is 0 Å². The van der Waals surface area contributed by atoms with Crippen LogP contribution in [0.1, 0.15) is 64.5 Å². The van der Waals surface area contributed by atoms with Gasteiger partial charge in [-0.3, -0.25) is 0 Å². The molecular weight excluding hydrogens is 296 g/mol. The SMILES string of the molecule is CC(C)=CCCCOc1cc(C)c(OCCCC=C(C)C)cc1C. The molecule has 0 aliphatic carbocycles. The molecule has 0 radical (unpaired) electrons. The van der Waals surface area contributed by atoms with Crippen molar-refractivity contribution in [1.29, 1.82) is 0 Å². The highest BCUT2D eigenvalue weighted by molar-refractivity contribution is 5.45. The molecule has 0 fully saturated rings. The summed E-state index contributed by atoms with van der Waals surface area (Å²) in [6, 6.07) is 4.20. The first-order valence-electron chi connectivity index (χ1n) is 9.03. The number of ether oxygens (including phenoxy) is 2. The molecule has 0 bridgehead atoms. The van der Waals surface area contributed by atoms with Crippen molar-refractivity contribution in [2.24, 2.45) is 0 Å². The maximum Gasteiger partial charge on any atom is 0.122 e. The Balaban J connectivity index is 2.47. The van der Waals surface area contributed by atoms with Crippen LogP contribution in [0.15, 0.2) is 35.4 Å². The van der Waals surface area contributed by atoms with E-state index in [1.165, 1.54) is 11.1 Å². The van der Waals surface area contributed by atoms with E-state index in [1.54, 1.807) is 0 Å². The highest BCUT2D eigenvalue weighted by Gasteiger charge is 2.06. The van der Waals surface area contributed by atoms with Crippen molar-refractivity contribution in [3.05, 3.63) is 46.6 Å².